The van der Waals surface area contributed by atoms with Crippen molar-refractivity contribution in [1.29, 1.82) is 0 Å². The largest absolute Gasteiger partial charge is 0.333 e. The summed E-state index contributed by atoms with van der Waals surface area (Å²) in [4.78, 5) is 17.0. The van der Waals surface area contributed by atoms with Gasteiger partial charge in [-0.15, -0.1) is 0 Å². The van der Waals surface area contributed by atoms with E-state index in [1.807, 2.05) is 4.90 Å². The number of carbonyl (C=O) groups is 1. The highest BCUT2D eigenvalue weighted by Crippen LogP contribution is 2.26. The van der Waals surface area contributed by atoms with E-state index in [0.29, 0.717) is 16.1 Å². The predicted octanol–water partition coefficient (Wildman–Crippen LogP) is 2.90. The number of fused-ring (bicyclic) bond motifs is 1. The van der Waals surface area contributed by atoms with Crippen molar-refractivity contribution in [3.8, 4) is 0 Å². The van der Waals surface area contributed by atoms with Crippen LogP contribution < -0.4 is 0 Å². The maximum Gasteiger partial charge on any atom is 0.254 e. The lowest BCUT2D eigenvalue weighted by molar-refractivity contribution is 0.0395. The molecule has 0 bridgehead atoms. The molecule has 2 aliphatic rings. The van der Waals surface area contributed by atoms with Gasteiger partial charge in [0.1, 0.15) is 5.82 Å². The molecule has 5 heteroatoms. The number of benzene rings is 1. The van der Waals surface area contributed by atoms with Crippen LogP contribution in [0.1, 0.15) is 30.1 Å². The Morgan fingerprint density at radius 1 is 1.40 bits per heavy atom. The van der Waals surface area contributed by atoms with E-state index in [-0.39, 0.29) is 17.8 Å². The molecule has 2 unspecified atom stereocenters. The lowest BCUT2D eigenvalue weighted by Gasteiger charge is -2.42. The van der Waals surface area contributed by atoms with Crippen molar-refractivity contribution in [2.75, 3.05) is 19.6 Å². The zero-order valence-electron chi connectivity index (χ0n) is 11.5. The summed E-state index contributed by atoms with van der Waals surface area (Å²) >= 11 is 3.14. The number of nitrogens with zero attached hydrogens (tertiary/aromatic N) is 2. The molecule has 0 radical (unpaired) electrons. The van der Waals surface area contributed by atoms with Crippen molar-refractivity contribution in [2.24, 2.45) is 0 Å². The molecule has 2 fully saturated rings. The van der Waals surface area contributed by atoms with Crippen LogP contribution in [0.2, 0.25) is 0 Å². The van der Waals surface area contributed by atoms with Gasteiger partial charge in [-0.3, -0.25) is 9.69 Å². The lowest BCUT2D eigenvalue weighted by Crippen LogP contribution is -2.56. The van der Waals surface area contributed by atoms with Crippen LogP contribution in [0.15, 0.2) is 22.7 Å². The second kappa shape index (κ2) is 5.45. The molecule has 20 heavy (non-hydrogen) atoms. The number of carbonyl (C=O) groups excluding carboxylic acids is 1. The smallest absolute Gasteiger partial charge is 0.254 e. The Morgan fingerprint density at radius 3 is 2.95 bits per heavy atom. The second-order valence-electron chi connectivity index (χ2n) is 5.73. The summed E-state index contributed by atoms with van der Waals surface area (Å²) in [5.41, 5.74) is 0.552. The van der Waals surface area contributed by atoms with Crippen LogP contribution in [0, 0.1) is 5.82 Å². The molecule has 2 atom stereocenters. The van der Waals surface area contributed by atoms with Gasteiger partial charge in [0.15, 0.2) is 0 Å². The summed E-state index contributed by atoms with van der Waals surface area (Å²) in [5, 5.41) is 0. The molecule has 2 heterocycles. The van der Waals surface area contributed by atoms with Gasteiger partial charge in [-0.2, -0.15) is 0 Å². The highest BCUT2D eigenvalue weighted by Gasteiger charge is 2.36. The third-order valence-corrected chi connectivity index (χ3v) is 4.97. The molecule has 1 aromatic rings. The Morgan fingerprint density at radius 2 is 2.20 bits per heavy atom. The van der Waals surface area contributed by atoms with Crippen LogP contribution in [0.3, 0.4) is 0 Å². The first kappa shape index (κ1) is 14.0. The van der Waals surface area contributed by atoms with Crippen LogP contribution in [0.25, 0.3) is 0 Å². The van der Waals surface area contributed by atoms with Gasteiger partial charge in [-0.1, -0.05) is 0 Å². The van der Waals surface area contributed by atoms with Gasteiger partial charge in [0, 0.05) is 30.7 Å². The third kappa shape index (κ3) is 2.49. The fourth-order valence-corrected chi connectivity index (χ4v) is 3.64. The normalized spacial score (nSPS) is 26.6. The van der Waals surface area contributed by atoms with E-state index < -0.39 is 0 Å². The van der Waals surface area contributed by atoms with Crippen molar-refractivity contribution in [3.05, 3.63) is 34.1 Å². The van der Waals surface area contributed by atoms with Gasteiger partial charge in [0.25, 0.3) is 5.91 Å². The van der Waals surface area contributed by atoms with Crippen LogP contribution in [-0.4, -0.2) is 47.4 Å². The van der Waals surface area contributed by atoms with E-state index in [0.717, 1.165) is 19.6 Å². The van der Waals surface area contributed by atoms with Crippen LogP contribution in [0.4, 0.5) is 4.39 Å². The maximum atomic E-state index is 13.3. The summed E-state index contributed by atoms with van der Waals surface area (Å²) in [6.45, 7) is 4.97. The molecule has 0 N–H and O–H groups in total. The summed E-state index contributed by atoms with van der Waals surface area (Å²) in [6.07, 6.45) is 2.39. The van der Waals surface area contributed by atoms with E-state index >= 15 is 0 Å². The minimum absolute atomic E-state index is 0.00440. The highest BCUT2D eigenvalue weighted by atomic mass is 79.9. The number of hydrogen-bond acceptors (Lipinski definition) is 2. The molecule has 0 aromatic heterocycles. The Kier molecular flexibility index (Phi) is 3.82. The molecule has 108 valence electrons. The molecule has 3 nitrogen and oxygen atoms in total. The molecular weight excluding hydrogens is 323 g/mol. The zero-order chi connectivity index (χ0) is 14.3. The highest BCUT2D eigenvalue weighted by molar-refractivity contribution is 9.10. The first-order valence-electron chi connectivity index (χ1n) is 7.06. The predicted molar refractivity (Wildman–Crippen MR) is 79.2 cm³/mol. The zero-order valence-corrected chi connectivity index (χ0v) is 13.1. The molecule has 1 aromatic carbocycles. The van der Waals surface area contributed by atoms with Gasteiger partial charge in [-0.05, 0) is 60.4 Å². The Bertz CT molecular complexity index is 537. The quantitative estimate of drug-likeness (QED) is 0.784. The topological polar surface area (TPSA) is 23.6 Å². The summed E-state index contributed by atoms with van der Waals surface area (Å²) in [7, 11) is 0. The SMILES string of the molecule is CC1CN2CCCC2CN1C(=O)c1ccc(F)c(Br)c1. The monoisotopic (exact) mass is 340 g/mol. The summed E-state index contributed by atoms with van der Waals surface area (Å²) in [6, 6.07) is 5.19. The fourth-order valence-electron chi connectivity index (χ4n) is 3.27. The van der Waals surface area contributed by atoms with Crippen molar-refractivity contribution in [2.45, 2.75) is 31.8 Å². The average Bonchev–Trinajstić information content (AvgIpc) is 2.87. The first-order valence-corrected chi connectivity index (χ1v) is 7.85. The van der Waals surface area contributed by atoms with Crippen LogP contribution in [0.5, 0.6) is 0 Å². The second-order valence-corrected chi connectivity index (χ2v) is 6.58. The van der Waals surface area contributed by atoms with E-state index in [1.54, 1.807) is 12.1 Å². The number of piperazine rings is 1. The van der Waals surface area contributed by atoms with Crippen molar-refractivity contribution in [1.82, 2.24) is 9.80 Å². The molecular formula is C15H18BrFN2O. The van der Waals surface area contributed by atoms with Crippen molar-refractivity contribution >= 4 is 21.8 Å². The summed E-state index contributed by atoms with van der Waals surface area (Å²) in [5.74, 6) is -0.333. The first-order chi connectivity index (χ1) is 9.56. The lowest BCUT2D eigenvalue weighted by atomic mass is 10.1. The third-order valence-electron chi connectivity index (χ3n) is 4.36. The minimum Gasteiger partial charge on any atom is -0.333 e. The van der Waals surface area contributed by atoms with E-state index in [9.17, 15) is 9.18 Å². The number of rotatable bonds is 1. The molecule has 0 saturated carbocycles. The molecule has 1 amide bonds. The molecule has 2 aliphatic heterocycles. The van der Waals surface area contributed by atoms with Crippen molar-refractivity contribution < 1.29 is 9.18 Å². The van der Waals surface area contributed by atoms with Gasteiger partial charge in [0.2, 0.25) is 0 Å². The standard InChI is InChI=1S/C15H18BrFN2O/c1-10-8-18-6-2-3-12(18)9-19(10)15(20)11-4-5-14(17)13(16)7-11/h4-5,7,10,12H,2-3,6,8-9H2,1H3. The molecule has 0 spiro atoms. The Hall–Kier alpha value is -0.940. The Labute approximate surface area is 126 Å². The van der Waals surface area contributed by atoms with Crippen LogP contribution >= 0.6 is 15.9 Å². The molecule has 0 aliphatic carbocycles. The van der Waals surface area contributed by atoms with E-state index in [1.165, 1.54) is 18.9 Å². The van der Waals surface area contributed by atoms with Crippen molar-refractivity contribution in [3.63, 3.8) is 0 Å². The maximum absolute atomic E-state index is 13.3. The van der Waals surface area contributed by atoms with E-state index in [2.05, 4.69) is 27.8 Å². The fraction of sp³-hybridized carbons (Fsp3) is 0.533. The van der Waals surface area contributed by atoms with Gasteiger partial charge in [0.05, 0.1) is 4.47 Å². The number of amides is 1. The Balaban J connectivity index is 1.80. The minimum atomic E-state index is -0.338. The molecule has 3 rings (SSSR count). The average molecular weight is 341 g/mol. The summed E-state index contributed by atoms with van der Waals surface area (Å²) < 4.78 is 13.6. The number of hydrogen-bond donors (Lipinski definition) is 0. The van der Waals surface area contributed by atoms with E-state index in [4.69, 9.17) is 0 Å². The van der Waals surface area contributed by atoms with Gasteiger partial charge >= 0.3 is 0 Å². The van der Waals surface area contributed by atoms with Gasteiger partial charge in [-0.25, -0.2) is 4.39 Å². The van der Waals surface area contributed by atoms with Crippen LogP contribution in [-0.2, 0) is 0 Å². The van der Waals surface area contributed by atoms with Gasteiger partial charge < -0.3 is 4.90 Å². The molecule has 2 saturated heterocycles. The number of halogens is 2.